The molecule has 0 aliphatic carbocycles. The monoisotopic (exact) mass is 311 g/mol. The maximum Gasteiger partial charge on any atom is 0.303 e. The number of benzene rings is 1. The Labute approximate surface area is 115 Å². The third-order valence-corrected chi connectivity index (χ3v) is 4.50. The van der Waals surface area contributed by atoms with E-state index < -0.39 is 16.0 Å². The number of hydrogen-bond donors (Lipinski definition) is 2. The van der Waals surface area contributed by atoms with Crippen LogP contribution < -0.4 is 4.72 Å². The molecule has 0 radical (unpaired) electrons. The zero-order chi connectivity index (χ0) is 13.8. The van der Waals surface area contributed by atoms with Crippen molar-refractivity contribution in [3.63, 3.8) is 0 Å². The summed E-state index contributed by atoms with van der Waals surface area (Å²) in [5, 5.41) is 8.52. The van der Waals surface area contributed by atoms with Crippen LogP contribution in [0.1, 0.15) is 12.8 Å². The van der Waals surface area contributed by atoms with Crippen LogP contribution in [0, 0.1) is 0 Å². The van der Waals surface area contributed by atoms with Crippen molar-refractivity contribution < 1.29 is 18.3 Å². The smallest absolute Gasteiger partial charge is 0.303 e. The molecule has 1 aromatic rings. The summed E-state index contributed by atoms with van der Waals surface area (Å²) >= 11 is 11.5. The number of nitrogens with one attached hydrogen (secondary N) is 1. The Bertz CT molecular complexity index is 545. The van der Waals surface area contributed by atoms with Crippen LogP contribution in [-0.2, 0) is 14.8 Å². The molecule has 0 unspecified atom stereocenters. The Hall–Kier alpha value is -0.820. The van der Waals surface area contributed by atoms with Crippen molar-refractivity contribution in [3.05, 3.63) is 28.2 Å². The minimum absolute atomic E-state index is 0.0253. The summed E-state index contributed by atoms with van der Waals surface area (Å²) in [4.78, 5) is 10.2. The normalized spacial score (nSPS) is 11.4. The van der Waals surface area contributed by atoms with Gasteiger partial charge in [-0.3, -0.25) is 4.79 Å². The van der Waals surface area contributed by atoms with Gasteiger partial charge in [0, 0.05) is 13.0 Å². The van der Waals surface area contributed by atoms with E-state index in [0.29, 0.717) is 0 Å². The molecule has 0 spiro atoms. The van der Waals surface area contributed by atoms with Gasteiger partial charge in [-0.1, -0.05) is 29.3 Å². The fourth-order valence-corrected chi connectivity index (χ4v) is 3.05. The predicted octanol–water partition coefficient (Wildman–Crippen LogP) is 2.14. The van der Waals surface area contributed by atoms with Crippen LogP contribution in [0.5, 0.6) is 0 Å². The van der Waals surface area contributed by atoms with Gasteiger partial charge in [-0.2, -0.15) is 0 Å². The van der Waals surface area contributed by atoms with E-state index in [0.717, 1.165) is 0 Å². The van der Waals surface area contributed by atoms with Gasteiger partial charge in [0.25, 0.3) is 0 Å². The van der Waals surface area contributed by atoms with Crippen molar-refractivity contribution in [1.29, 1.82) is 0 Å². The molecule has 1 aromatic carbocycles. The van der Waals surface area contributed by atoms with Gasteiger partial charge in [0.1, 0.15) is 4.90 Å². The molecule has 0 heterocycles. The lowest BCUT2D eigenvalue weighted by Crippen LogP contribution is -2.25. The second-order valence-electron chi connectivity index (χ2n) is 3.45. The van der Waals surface area contributed by atoms with Gasteiger partial charge in [0.05, 0.1) is 10.0 Å². The Morgan fingerprint density at radius 2 is 2.00 bits per heavy atom. The summed E-state index contributed by atoms with van der Waals surface area (Å²) in [6.07, 6.45) is 0.0958. The van der Waals surface area contributed by atoms with E-state index in [1.165, 1.54) is 18.2 Å². The second kappa shape index (κ2) is 6.38. The number of halogens is 2. The van der Waals surface area contributed by atoms with Gasteiger partial charge >= 0.3 is 5.97 Å². The molecule has 0 bridgehead atoms. The molecule has 1 rings (SSSR count). The first-order valence-corrected chi connectivity index (χ1v) is 7.24. The number of sulfonamides is 1. The minimum Gasteiger partial charge on any atom is -0.481 e. The molecule has 18 heavy (non-hydrogen) atoms. The van der Waals surface area contributed by atoms with Crippen LogP contribution in [-0.4, -0.2) is 26.0 Å². The summed E-state index contributed by atoms with van der Waals surface area (Å²) in [5.41, 5.74) is 0. The average molecular weight is 312 g/mol. The summed E-state index contributed by atoms with van der Waals surface area (Å²) in [7, 11) is -3.77. The fourth-order valence-electron chi connectivity index (χ4n) is 1.22. The summed E-state index contributed by atoms with van der Waals surface area (Å²) in [6.45, 7) is 0.0253. The Morgan fingerprint density at radius 3 is 2.61 bits per heavy atom. The van der Waals surface area contributed by atoms with Crippen LogP contribution in [0.3, 0.4) is 0 Å². The van der Waals surface area contributed by atoms with E-state index in [2.05, 4.69) is 4.72 Å². The SMILES string of the molecule is O=C(O)CCCNS(=O)(=O)c1cccc(Cl)c1Cl. The Balaban J connectivity index is 2.75. The Kier molecular flexibility index (Phi) is 5.40. The summed E-state index contributed by atoms with van der Waals surface area (Å²) in [6, 6.07) is 4.28. The maximum atomic E-state index is 11.8. The van der Waals surface area contributed by atoms with Crippen LogP contribution in [0.15, 0.2) is 23.1 Å². The second-order valence-corrected chi connectivity index (χ2v) is 5.97. The summed E-state index contributed by atoms with van der Waals surface area (Å²) < 4.78 is 26.0. The van der Waals surface area contributed by atoms with E-state index in [-0.39, 0.29) is 34.3 Å². The first-order valence-electron chi connectivity index (χ1n) is 5.00. The van der Waals surface area contributed by atoms with Crippen molar-refractivity contribution in [2.75, 3.05) is 6.54 Å². The molecule has 8 heteroatoms. The molecule has 0 aromatic heterocycles. The van der Waals surface area contributed by atoms with E-state index in [1.54, 1.807) is 0 Å². The summed E-state index contributed by atoms with van der Waals surface area (Å²) in [5.74, 6) is -0.977. The molecule has 0 amide bonds. The highest BCUT2D eigenvalue weighted by Crippen LogP contribution is 2.28. The predicted molar refractivity (Wildman–Crippen MR) is 68.5 cm³/mol. The topological polar surface area (TPSA) is 83.5 Å². The van der Waals surface area contributed by atoms with E-state index in [4.69, 9.17) is 28.3 Å². The molecule has 0 aliphatic heterocycles. The van der Waals surface area contributed by atoms with Crippen LogP contribution in [0.2, 0.25) is 10.0 Å². The van der Waals surface area contributed by atoms with E-state index in [9.17, 15) is 13.2 Å². The first kappa shape index (κ1) is 15.2. The largest absolute Gasteiger partial charge is 0.481 e. The molecule has 0 atom stereocenters. The third-order valence-electron chi connectivity index (χ3n) is 2.07. The van der Waals surface area contributed by atoms with Gasteiger partial charge in [-0.25, -0.2) is 13.1 Å². The zero-order valence-corrected chi connectivity index (χ0v) is 11.5. The van der Waals surface area contributed by atoms with Crippen LogP contribution in [0.25, 0.3) is 0 Å². The highest BCUT2D eigenvalue weighted by molar-refractivity contribution is 7.89. The van der Waals surface area contributed by atoms with Crippen molar-refractivity contribution in [2.24, 2.45) is 0 Å². The zero-order valence-electron chi connectivity index (χ0n) is 9.19. The van der Waals surface area contributed by atoms with Gasteiger partial charge < -0.3 is 5.11 Å². The first-order chi connectivity index (χ1) is 8.34. The molecule has 0 saturated carbocycles. The van der Waals surface area contributed by atoms with Crippen LogP contribution >= 0.6 is 23.2 Å². The Morgan fingerprint density at radius 1 is 1.33 bits per heavy atom. The number of aliphatic carboxylic acids is 1. The van der Waals surface area contributed by atoms with Crippen molar-refractivity contribution in [1.82, 2.24) is 4.72 Å². The molecule has 0 fully saturated rings. The molecule has 0 saturated heterocycles. The third kappa shape index (κ3) is 4.13. The maximum absolute atomic E-state index is 11.8. The van der Waals surface area contributed by atoms with Gasteiger partial charge in [-0.05, 0) is 18.6 Å². The molecule has 0 aliphatic rings. The number of carbonyl (C=O) groups is 1. The molecular weight excluding hydrogens is 301 g/mol. The number of carboxylic acid groups (broad SMARTS) is 1. The van der Waals surface area contributed by atoms with Crippen LogP contribution in [0.4, 0.5) is 0 Å². The van der Waals surface area contributed by atoms with Gasteiger partial charge in [0.2, 0.25) is 10.0 Å². The van der Waals surface area contributed by atoms with Crippen molar-refractivity contribution >= 4 is 39.2 Å². The standard InChI is InChI=1S/C10H11Cl2NO4S/c11-7-3-1-4-8(10(7)12)18(16,17)13-6-2-5-9(14)15/h1,3-4,13H,2,5-6H2,(H,14,15). The van der Waals surface area contributed by atoms with Gasteiger partial charge in [0.15, 0.2) is 0 Å². The average Bonchev–Trinajstić information content (AvgIpc) is 2.28. The van der Waals surface area contributed by atoms with Crippen molar-refractivity contribution in [2.45, 2.75) is 17.7 Å². The molecule has 100 valence electrons. The fraction of sp³-hybridized carbons (Fsp3) is 0.300. The molecule has 2 N–H and O–H groups in total. The number of hydrogen-bond acceptors (Lipinski definition) is 3. The van der Waals surface area contributed by atoms with E-state index >= 15 is 0 Å². The van der Waals surface area contributed by atoms with Gasteiger partial charge in [-0.15, -0.1) is 0 Å². The minimum atomic E-state index is -3.77. The highest BCUT2D eigenvalue weighted by Gasteiger charge is 2.18. The lowest BCUT2D eigenvalue weighted by molar-refractivity contribution is -0.137. The van der Waals surface area contributed by atoms with Crippen molar-refractivity contribution in [3.8, 4) is 0 Å². The van der Waals surface area contributed by atoms with E-state index in [1.807, 2.05) is 0 Å². The lowest BCUT2D eigenvalue weighted by Gasteiger charge is -2.08. The lowest BCUT2D eigenvalue weighted by atomic mass is 10.3. The number of rotatable bonds is 6. The quantitative estimate of drug-likeness (QED) is 0.788. The highest BCUT2D eigenvalue weighted by atomic mass is 35.5. The molecular formula is C10H11Cl2NO4S. The number of carboxylic acids is 1. The molecule has 5 nitrogen and oxygen atoms in total.